The topological polar surface area (TPSA) is 89.2 Å². The van der Waals surface area contributed by atoms with Gasteiger partial charge in [-0.15, -0.1) is 0 Å². The second kappa shape index (κ2) is 7.98. The maximum atomic E-state index is 13.1. The molecule has 0 spiro atoms. The summed E-state index contributed by atoms with van der Waals surface area (Å²) in [4.78, 5) is 27.5. The van der Waals surface area contributed by atoms with E-state index in [1.807, 2.05) is 12.1 Å². The second-order valence-electron chi connectivity index (χ2n) is 7.80. The summed E-state index contributed by atoms with van der Waals surface area (Å²) in [5.74, 6) is 1.23. The van der Waals surface area contributed by atoms with Crippen LogP contribution in [0.1, 0.15) is 27.8 Å². The zero-order valence-corrected chi connectivity index (χ0v) is 18.1. The van der Waals surface area contributed by atoms with E-state index >= 15 is 0 Å². The van der Waals surface area contributed by atoms with Crippen LogP contribution in [-0.4, -0.2) is 36.7 Å². The first-order chi connectivity index (χ1) is 14.8. The fraction of sp³-hybridized carbons (Fsp3) is 0.333. The van der Waals surface area contributed by atoms with Crippen molar-refractivity contribution in [2.45, 2.75) is 33.2 Å². The van der Waals surface area contributed by atoms with Crippen LogP contribution in [0, 0.1) is 13.8 Å². The number of carbonyl (C=O) groups is 1. The van der Waals surface area contributed by atoms with Gasteiger partial charge in [-0.3, -0.25) is 4.79 Å². The van der Waals surface area contributed by atoms with Crippen molar-refractivity contribution >= 4 is 16.9 Å². The van der Waals surface area contributed by atoms with Gasteiger partial charge in [0.1, 0.15) is 11.3 Å². The van der Waals surface area contributed by atoms with Gasteiger partial charge in [0.15, 0.2) is 11.5 Å². The molecule has 0 saturated carbocycles. The predicted molar refractivity (Wildman–Crippen MR) is 116 cm³/mol. The first-order valence-corrected chi connectivity index (χ1v) is 10.1. The van der Waals surface area contributed by atoms with Gasteiger partial charge >= 0.3 is 5.63 Å². The Kier molecular flexibility index (Phi) is 5.35. The molecule has 2 heterocycles. The zero-order valence-electron chi connectivity index (χ0n) is 18.1. The average molecular weight is 423 g/mol. The van der Waals surface area contributed by atoms with E-state index in [0.717, 1.165) is 16.5 Å². The first-order valence-electron chi connectivity index (χ1n) is 10.1. The number of nitrogens with zero attached hydrogens (tertiary/aromatic N) is 1. The van der Waals surface area contributed by atoms with Crippen molar-refractivity contribution in [3.63, 3.8) is 0 Å². The fourth-order valence-electron chi connectivity index (χ4n) is 4.14. The van der Waals surface area contributed by atoms with Crippen molar-refractivity contribution in [3.8, 4) is 17.2 Å². The van der Waals surface area contributed by atoms with E-state index in [-0.39, 0.29) is 18.1 Å². The van der Waals surface area contributed by atoms with E-state index in [2.05, 4.69) is 0 Å². The summed E-state index contributed by atoms with van der Waals surface area (Å²) >= 11 is 0. The van der Waals surface area contributed by atoms with Gasteiger partial charge in [-0.1, -0.05) is 0 Å². The highest BCUT2D eigenvalue weighted by Gasteiger charge is 2.25. The lowest BCUT2D eigenvalue weighted by Gasteiger charge is -2.30. The van der Waals surface area contributed by atoms with Gasteiger partial charge < -0.3 is 23.9 Å². The first kappa shape index (κ1) is 20.8. The van der Waals surface area contributed by atoms with Crippen LogP contribution in [0.15, 0.2) is 33.5 Å². The number of hydrogen-bond donors (Lipinski definition) is 1. The largest absolute Gasteiger partial charge is 0.508 e. The van der Waals surface area contributed by atoms with Crippen LogP contribution in [0.25, 0.3) is 11.0 Å². The molecule has 0 saturated heterocycles. The van der Waals surface area contributed by atoms with Crippen LogP contribution in [0.4, 0.5) is 0 Å². The third-order valence-corrected chi connectivity index (χ3v) is 6.07. The van der Waals surface area contributed by atoms with Gasteiger partial charge in [0.05, 0.1) is 26.2 Å². The molecule has 1 N–H and O–H groups in total. The fourth-order valence-corrected chi connectivity index (χ4v) is 4.14. The Morgan fingerprint density at radius 1 is 1.10 bits per heavy atom. The minimum Gasteiger partial charge on any atom is -0.508 e. The molecule has 7 nitrogen and oxygen atoms in total. The molecule has 0 aliphatic carbocycles. The molecule has 3 aromatic rings. The third-order valence-electron chi connectivity index (χ3n) is 6.07. The van der Waals surface area contributed by atoms with Crippen LogP contribution in [0.2, 0.25) is 0 Å². The zero-order chi connectivity index (χ0) is 22.3. The molecule has 0 unspecified atom stereocenters. The molecule has 7 heteroatoms. The average Bonchev–Trinajstić information content (AvgIpc) is 2.77. The van der Waals surface area contributed by atoms with E-state index in [4.69, 9.17) is 13.9 Å². The molecule has 1 aromatic heterocycles. The van der Waals surface area contributed by atoms with Crippen molar-refractivity contribution in [2.75, 3.05) is 20.8 Å². The molecule has 0 radical (unpaired) electrons. The predicted octanol–water partition coefficient (Wildman–Crippen LogP) is 3.26. The molecule has 1 aliphatic heterocycles. The Morgan fingerprint density at radius 3 is 2.45 bits per heavy atom. The van der Waals surface area contributed by atoms with Crippen LogP contribution in [0.5, 0.6) is 17.2 Å². The van der Waals surface area contributed by atoms with E-state index < -0.39 is 5.63 Å². The smallest absolute Gasteiger partial charge is 0.340 e. The lowest BCUT2D eigenvalue weighted by atomic mass is 9.97. The molecule has 0 fully saturated rings. The summed E-state index contributed by atoms with van der Waals surface area (Å²) in [7, 11) is 3.18. The van der Waals surface area contributed by atoms with Crippen molar-refractivity contribution in [3.05, 3.63) is 62.5 Å². The summed E-state index contributed by atoms with van der Waals surface area (Å²) in [5, 5.41) is 10.6. The number of ether oxygens (including phenoxy) is 2. The highest BCUT2D eigenvalue weighted by molar-refractivity contribution is 5.87. The number of methoxy groups -OCH3 is 2. The van der Waals surface area contributed by atoms with Gasteiger partial charge in [-0.05, 0) is 61.2 Å². The Labute approximate surface area is 179 Å². The summed E-state index contributed by atoms with van der Waals surface area (Å²) in [6, 6.07) is 7.13. The van der Waals surface area contributed by atoms with Gasteiger partial charge in [0, 0.05) is 24.0 Å². The number of carbonyl (C=O) groups excluding carboxylic acids is 1. The molecular formula is C24H25NO6. The highest BCUT2D eigenvalue weighted by atomic mass is 16.5. The number of aryl methyl sites for hydroxylation is 2. The summed E-state index contributed by atoms with van der Waals surface area (Å²) in [6.07, 6.45) is 0.665. The summed E-state index contributed by atoms with van der Waals surface area (Å²) < 4.78 is 16.2. The Hall–Kier alpha value is -3.48. The molecule has 0 atom stereocenters. The Balaban J connectivity index is 1.62. The number of hydrogen-bond acceptors (Lipinski definition) is 6. The monoisotopic (exact) mass is 423 g/mol. The molecule has 0 bridgehead atoms. The van der Waals surface area contributed by atoms with Crippen LogP contribution >= 0.6 is 0 Å². The van der Waals surface area contributed by atoms with E-state index in [1.165, 1.54) is 0 Å². The number of benzene rings is 2. The SMILES string of the molecule is COc1cc2c(cc1OC)CN(C(=O)Cc1c(C)c3ccc(O)c(C)c3oc1=O)CC2. The maximum absolute atomic E-state index is 13.1. The number of rotatable bonds is 4. The number of fused-ring (bicyclic) bond motifs is 2. The Bertz CT molecular complexity index is 1240. The summed E-state index contributed by atoms with van der Waals surface area (Å²) in [6.45, 7) is 4.51. The van der Waals surface area contributed by atoms with Gasteiger partial charge in [-0.25, -0.2) is 4.79 Å². The van der Waals surface area contributed by atoms with Crippen molar-refractivity contribution in [2.24, 2.45) is 0 Å². The number of phenols is 1. The lowest BCUT2D eigenvalue weighted by molar-refractivity contribution is -0.131. The lowest BCUT2D eigenvalue weighted by Crippen LogP contribution is -2.37. The molecule has 1 aliphatic rings. The third kappa shape index (κ3) is 3.60. The van der Waals surface area contributed by atoms with Gasteiger partial charge in [0.25, 0.3) is 0 Å². The minimum absolute atomic E-state index is 0.0351. The second-order valence-corrected chi connectivity index (χ2v) is 7.80. The minimum atomic E-state index is -0.545. The van der Waals surface area contributed by atoms with Crippen molar-refractivity contribution < 1.29 is 23.8 Å². The standard InChI is InChI=1S/C24H25NO6/c1-13-17-5-6-19(26)14(2)23(17)31-24(28)18(13)11-22(27)25-8-7-15-9-20(29-3)21(30-4)10-16(15)12-25/h5-6,9-10,26H,7-8,11-12H2,1-4H3. The van der Waals surface area contributed by atoms with E-state index in [9.17, 15) is 14.7 Å². The Morgan fingerprint density at radius 2 is 1.77 bits per heavy atom. The van der Waals surface area contributed by atoms with Crippen LogP contribution < -0.4 is 15.1 Å². The highest BCUT2D eigenvalue weighted by Crippen LogP contribution is 2.33. The molecule has 2 aromatic carbocycles. The van der Waals surface area contributed by atoms with E-state index in [0.29, 0.717) is 53.3 Å². The quantitative estimate of drug-likeness (QED) is 0.648. The van der Waals surface area contributed by atoms with Crippen molar-refractivity contribution in [1.82, 2.24) is 4.90 Å². The number of phenolic OH excluding ortho intramolecular Hbond substituents is 1. The normalized spacial score (nSPS) is 13.2. The van der Waals surface area contributed by atoms with E-state index in [1.54, 1.807) is 45.1 Å². The van der Waals surface area contributed by atoms with Crippen LogP contribution in [0.3, 0.4) is 0 Å². The molecule has 162 valence electrons. The molecular weight excluding hydrogens is 398 g/mol. The number of amides is 1. The van der Waals surface area contributed by atoms with Gasteiger partial charge in [-0.2, -0.15) is 0 Å². The molecule has 31 heavy (non-hydrogen) atoms. The molecule has 4 rings (SSSR count). The van der Waals surface area contributed by atoms with Gasteiger partial charge in [0.2, 0.25) is 5.91 Å². The molecule has 1 amide bonds. The number of aromatic hydroxyl groups is 1. The maximum Gasteiger partial charge on any atom is 0.340 e. The van der Waals surface area contributed by atoms with Crippen LogP contribution in [-0.2, 0) is 24.2 Å². The summed E-state index contributed by atoms with van der Waals surface area (Å²) in [5.41, 5.74) is 3.49. The van der Waals surface area contributed by atoms with Crippen molar-refractivity contribution in [1.29, 1.82) is 0 Å².